The Bertz CT molecular complexity index is 494. The summed E-state index contributed by atoms with van der Waals surface area (Å²) in [7, 11) is 0. The van der Waals surface area contributed by atoms with Gasteiger partial charge in [-0.25, -0.2) is 0 Å². The molecular weight excluding hydrogens is 274 g/mol. The molecule has 0 aliphatic heterocycles. The highest BCUT2D eigenvalue weighted by Crippen LogP contribution is 2.49. The molecule has 5 heteroatoms. The third-order valence-electron chi connectivity index (χ3n) is 5.02. The number of carbonyl (C=O) groups excluding carboxylic acids is 1. The Kier molecular flexibility index (Phi) is 3.76. The summed E-state index contributed by atoms with van der Waals surface area (Å²) in [5.41, 5.74) is 0.764. The number of fused-ring (bicyclic) bond motifs is 2. The topological polar surface area (TPSA) is 46.9 Å². The van der Waals surface area contributed by atoms with Gasteiger partial charge in [-0.3, -0.25) is 9.48 Å². The molecule has 2 fully saturated rings. The maximum atomic E-state index is 12.1. The van der Waals surface area contributed by atoms with Crippen LogP contribution in [0.1, 0.15) is 38.3 Å². The molecule has 4 atom stereocenters. The minimum Gasteiger partial charge on any atom is -0.352 e. The number of amides is 1. The number of hydrogen-bond acceptors (Lipinski definition) is 2. The van der Waals surface area contributed by atoms with Gasteiger partial charge in [0.2, 0.25) is 5.91 Å². The zero-order chi connectivity index (χ0) is 14.3. The van der Waals surface area contributed by atoms with Crippen LogP contribution >= 0.6 is 11.6 Å². The average Bonchev–Trinajstić information content (AvgIpc) is 3.06. The Morgan fingerprint density at radius 3 is 2.90 bits per heavy atom. The standard InChI is InChI=1S/C15H22ClN3O/c1-9(13-6-11-3-4-12(13)5-11)17-15(20)8-19-7-14(16)10(2)18-19/h7,9,11-13H,3-6,8H2,1-2H3,(H,17,20). The lowest BCUT2D eigenvalue weighted by Gasteiger charge is -2.28. The summed E-state index contributed by atoms with van der Waals surface area (Å²) in [5.74, 6) is 2.44. The van der Waals surface area contributed by atoms with Gasteiger partial charge in [0, 0.05) is 12.2 Å². The molecule has 1 amide bonds. The first-order chi connectivity index (χ1) is 9.52. The quantitative estimate of drug-likeness (QED) is 0.928. The van der Waals surface area contributed by atoms with Gasteiger partial charge in [0.05, 0.1) is 10.7 Å². The van der Waals surface area contributed by atoms with E-state index in [4.69, 9.17) is 11.6 Å². The predicted molar refractivity (Wildman–Crippen MR) is 78.5 cm³/mol. The molecule has 1 aromatic heterocycles. The highest BCUT2D eigenvalue weighted by Gasteiger charge is 2.42. The number of nitrogens with zero attached hydrogens (tertiary/aromatic N) is 2. The second kappa shape index (κ2) is 5.40. The zero-order valence-electron chi connectivity index (χ0n) is 12.1. The molecule has 3 rings (SSSR count). The molecule has 0 saturated heterocycles. The first-order valence-corrected chi connectivity index (χ1v) is 7.89. The number of hydrogen-bond donors (Lipinski definition) is 1. The maximum absolute atomic E-state index is 12.1. The van der Waals surface area contributed by atoms with E-state index >= 15 is 0 Å². The molecule has 2 saturated carbocycles. The predicted octanol–water partition coefficient (Wildman–Crippen LogP) is 2.79. The lowest BCUT2D eigenvalue weighted by atomic mass is 9.84. The summed E-state index contributed by atoms with van der Waals surface area (Å²) in [6.45, 7) is 4.23. The number of nitrogens with one attached hydrogen (secondary N) is 1. The van der Waals surface area contributed by atoms with Crippen LogP contribution in [0.3, 0.4) is 0 Å². The van der Waals surface area contributed by atoms with Crippen molar-refractivity contribution in [3.05, 3.63) is 16.9 Å². The van der Waals surface area contributed by atoms with Crippen molar-refractivity contribution in [3.63, 3.8) is 0 Å². The van der Waals surface area contributed by atoms with Crippen molar-refractivity contribution in [3.8, 4) is 0 Å². The largest absolute Gasteiger partial charge is 0.352 e. The molecule has 1 N–H and O–H groups in total. The number of aryl methyl sites for hydroxylation is 1. The second-order valence-electron chi connectivity index (χ2n) is 6.45. The number of halogens is 1. The van der Waals surface area contributed by atoms with E-state index in [0.717, 1.165) is 17.5 Å². The van der Waals surface area contributed by atoms with Crippen molar-refractivity contribution in [2.24, 2.45) is 17.8 Å². The van der Waals surface area contributed by atoms with Crippen LogP contribution in [-0.4, -0.2) is 21.7 Å². The lowest BCUT2D eigenvalue weighted by Crippen LogP contribution is -2.41. The van der Waals surface area contributed by atoms with Gasteiger partial charge in [0.15, 0.2) is 0 Å². The molecule has 0 spiro atoms. The van der Waals surface area contributed by atoms with Crippen molar-refractivity contribution >= 4 is 17.5 Å². The summed E-state index contributed by atoms with van der Waals surface area (Å²) < 4.78 is 1.61. The van der Waals surface area contributed by atoms with Crippen LogP contribution in [-0.2, 0) is 11.3 Å². The van der Waals surface area contributed by atoms with Gasteiger partial charge in [-0.05, 0) is 50.9 Å². The Morgan fingerprint density at radius 1 is 1.55 bits per heavy atom. The monoisotopic (exact) mass is 295 g/mol. The van der Waals surface area contributed by atoms with Crippen LogP contribution < -0.4 is 5.32 Å². The van der Waals surface area contributed by atoms with E-state index in [-0.39, 0.29) is 18.5 Å². The summed E-state index contributed by atoms with van der Waals surface area (Å²) in [4.78, 5) is 12.1. The third-order valence-corrected chi connectivity index (χ3v) is 5.39. The van der Waals surface area contributed by atoms with Crippen LogP contribution in [0.15, 0.2) is 6.20 Å². The molecule has 2 aliphatic rings. The molecule has 110 valence electrons. The Hall–Kier alpha value is -1.03. The molecule has 20 heavy (non-hydrogen) atoms. The van der Waals surface area contributed by atoms with Crippen molar-refractivity contribution in [2.75, 3.05) is 0 Å². The maximum Gasteiger partial charge on any atom is 0.241 e. The molecule has 0 aromatic carbocycles. The van der Waals surface area contributed by atoms with Crippen molar-refractivity contribution in [1.29, 1.82) is 0 Å². The van der Waals surface area contributed by atoms with E-state index in [2.05, 4.69) is 17.3 Å². The summed E-state index contributed by atoms with van der Waals surface area (Å²) >= 11 is 5.95. The molecule has 4 unspecified atom stereocenters. The van der Waals surface area contributed by atoms with Crippen LogP contribution in [0.5, 0.6) is 0 Å². The van der Waals surface area contributed by atoms with Crippen LogP contribution in [0.4, 0.5) is 0 Å². The molecule has 1 heterocycles. The molecule has 4 nitrogen and oxygen atoms in total. The van der Waals surface area contributed by atoms with Gasteiger partial charge in [0.25, 0.3) is 0 Å². The fourth-order valence-electron chi connectivity index (χ4n) is 4.03. The first-order valence-electron chi connectivity index (χ1n) is 7.52. The van der Waals surface area contributed by atoms with Gasteiger partial charge in [-0.1, -0.05) is 18.0 Å². The highest BCUT2D eigenvalue weighted by atomic mass is 35.5. The van der Waals surface area contributed by atoms with Crippen LogP contribution in [0.25, 0.3) is 0 Å². The van der Waals surface area contributed by atoms with E-state index in [1.54, 1.807) is 10.9 Å². The van der Waals surface area contributed by atoms with Gasteiger partial charge >= 0.3 is 0 Å². The van der Waals surface area contributed by atoms with E-state index in [1.807, 2.05) is 6.92 Å². The molecule has 1 aromatic rings. The van der Waals surface area contributed by atoms with Crippen LogP contribution in [0.2, 0.25) is 5.02 Å². The van der Waals surface area contributed by atoms with E-state index in [0.29, 0.717) is 10.9 Å². The number of carbonyl (C=O) groups is 1. The normalized spacial score (nSPS) is 29.6. The molecular formula is C15H22ClN3O. The minimum absolute atomic E-state index is 0.0273. The van der Waals surface area contributed by atoms with E-state index in [9.17, 15) is 4.79 Å². The lowest BCUT2D eigenvalue weighted by molar-refractivity contribution is -0.122. The minimum atomic E-state index is 0.0273. The average molecular weight is 296 g/mol. The summed E-state index contributed by atoms with van der Waals surface area (Å²) in [5, 5.41) is 7.97. The van der Waals surface area contributed by atoms with Crippen molar-refractivity contribution in [2.45, 2.75) is 52.1 Å². The second-order valence-corrected chi connectivity index (χ2v) is 6.86. The third kappa shape index (κ3) is 2.71. The first kappa shape index (κ1) is 13.9. The van der Waals surface area contributed by atoms with Crippen molar-refractivity contribution in [1.82, 2.24) is 15.1 Å². The van der Waals surface area contributed by atoms with Gasteiger partial charge in [-0.2, -0.15) is 5.10 Å². The Balaban J connectivity index is 1.53. The highest BCUT2D eigenvalue weighted by molar-refractivity contribution is 6.31. The van der Waals surface area contributed by atoms with Crippen molar-refractivity contribution < 1.29 is 4.79 Å². The summed E-state index contributed by atoms with van der Waals surface area (Å²) in [6, 6.07) is 0.268. The fraction of sp³-hybridized carbons (Fsp3) is 0.733. The molecule has 2 bridgehead atoms. The van der Waals surface area contributed by atoms with Crippen LogP contribution in [0, 0.1) is 24.7 Å². The Morgan fingerprint density at radius 2 is 2.35 bits per heavy atom. The SMILES string of the molecule is Cc1nn(CC(=O)NC(C)C2CC3CCC2C3)cc1Cl. The molecule has 0 radical (unpaired) electrons. The molecule has 2 aliphatic carbocycles. The van der Waals surface area contributed by atoms with E-state index < -0.39 is 0 Å². The summed E-state index contributed by atoms with van der Waals surface area (Å²) in [6.07, 6.45) is 7.12. The smallest absolute Gasteiger partial charge is 0.241 e. The zero-order valence-corrected chi connectivity index (χ0v) is 12.9. The van der Waals surface area contributed by atoms with Gasteiger partial charge in [-0.15, -0.1) is 0 Å². The van der Waals surface area contributed by atoms with E-state index in [1.165, 1.54) is 25.7 Å². The van der Waals surface area contributed by atoms with Gasteiger partial charge < -0.3 is 5.32 Å². The van der Waals surface area contributed by atoms with Gasteiger partial charge in [0.1, 0.15) is 6.54 Å². The number of rotatable bonds is 4. The fourth-order valence-corrected chi connectivity index (χ4v) is 4.19. The Labute approximate surface area is 124 Å². The number of aromatic nitrogens is 2.